The zero-order valence-electron chi connectivity index (χ0n) is 14.4. The number of carboxylic acids is 1. The van der Waals surface area contributed by atoms with E-state index in [0.29, 0.717) is 6.42 Å². The number of carbonyl (C=O) groups is 2. The second kappa shape index (κ2) is 6.88. The second-order valence-corrected chi connectivity index (χ2v) is 5.95. The fourth-order valence-electron chi connectivity index (χ4n) is 2.48. The number of carboxylic acid groups (broad SMARTS) is 1. The zero-order chi connectivity index (χ0) is 18.9. The average Bonchev–Trinajstić information content (AvgIpc) is 2.60. The molecule has 2 atom stereocenters. The summed E-state index contributed by atoms with van der Waals surface area (Å²) in [5.74, 6) is -2.08. The molecule has 2 rings (SSSR count). The summed E-state index contributed by atoms with van der Waals surface area (Å²) in [5, 5.41) is 11.9. The summed E-state index contributed by atoms with van der Waals surface area (Å²) in [4.78, 5) is 51.9. The third-order valence-corrected chi connectivity index (χ3v) is 4.30. The smallest absolute Gasteiger partial charge is 0.332 e. The molecule has 0 saturated heterocycles. The number of nitrogens with one attached hydrogen (secondary N) is 1. The number of aryl methyl sites for hydroxylation is 1. The summed E-state index contributed by atoms with van der Waals surface area (Å²) in [6.07, 6.45) is 0.576. The molecular weight excluding hydrogens is 328 g/mol. The lowest BCUT2D eigenvalue weighted by Gasteiger charge is -2.20. The minimum Gasteiger partial charge on any atom is -0.480 e. The minimum absolute atomic E-state index is 0.0645. The van der Waals surface area contributed by atoms with Gasteiger partial charge in [0.25, 0.3) is 11.5 Å². The summed E-state index contributed by atoms with van der Waals surface area (Å²) >= 11 is 0. The molecular formula is C16H20N4O5. The van der Waals surface area contributed by atoms with Crippen LogP contribution in [0.5, 0.6) is 0 Å². The van der Waals surface area contributed by atoms with Crippen molar-refractivity contribution in [1.29, 1.82) is 0 Å². The molecule has 2 heterocycles. The molecule has 0 aliphatic carbocycles. The van der Waals surface area contributed by atoms with Crippen LogP contribution in [0, 0.1) is 5.92 Å². The van der Waals surface area contributed by atoms with Crippen molar-refractivity contribution in [3.8, 4) is 0 Å². The van der Waals surface area contributed by atoms with E-state index < -0.39 is 29.2 Å². The monoisotopic (exact) mass is 348 g/mol. The van der Waals surface area contributed by atoms with Crippen LogP contribution in [0.1, 0.15) is 30.8 Å². The highest BCUT2D eigenvalue weighted by atomic mass is 16.4. The second-order valence-electron chi connectivity index (χ2n) is 5.95. The van der Waals surface area contributed by atoms with Crippen LogP contribution >= 0.6 is 0 Å². The van der Waals surface area contributed by atoms with Crippen LogP contribution in [0.25, 0.3) is 11.0 Å². The van der Waals surface area contributed by atoms with Crippen LogP contribution in [-0.2, 0) is 18.9 Å². The molecule has 0 unspecified atom stereocenters. The molecule has 0 bridgehead atoms. The predicted octanol–water partition coefficient (Wildman–Crippen LogP) is -0.139. The van der Waals surface area contributed by atoms with Crippen LogP contribution in [-0.4, -0.2) is 37.1 Å². The van der Waals surface area contributed by atoms with Gasteiger partial charge in [0, 0.05) is 14.1 Å². The normalized spacial score (nSPS) is 13.4. The Labute approximate surface area is 142 Å². The number of aromatic nitrogens is 3. The number of hydrogen-bond donors (Lipinski definition) is 2. The van der Waals surface area contributed by atoms with Gasteiger partial charge in [0.2, 0.25) is 0 Å². The molecule has 9 nitrogen and oxygen atoms in total. The van der Waals surface area contributed by atoms with E-state index >= 15 is 0 Å². The number of pyridine rings is 1. The largest absolute Gasteiger partial charge is 0.480 e. The van der Waals surface area contributed by atoms with Gasteiger partial charge in [-0.3, -0.25) is 18.7 Å². The first-order chi connectivity index (χ1) is 11.7. The van der Waals surface area contributed by atoms with Crippen molar-refractivity contribution in [2.75, 3.05) is 0 Å². The lowest BCUT2D eigenvalue weighted by atomic mass is 9.99. The Hall–Kier alpha value is -2.97. The molecule has 0 aliphatic rings. The molecule has 9 heteroatoms. The van der Waals surface area contributed by atoms with Crippen LogP contribution in [0.3, 0.4) is 0 Å². The van der Waals surface area contributed by atoms with Gasteiger partial charge < -0.3 is 10.4 Å². The van der Waals surface area contributed by atoms with Crippen molar-refractivity contribution in [2.45, 2.75) is 26.3 Å². The Kier molecular flexibility index (Phi) is 5.05. The molecule has 0 aliphatic heterocycles. The quantitative estimate of drug-likeness (QED) is 0.775. The van der Waals surface area contributed by atoms with Crippen molar-refractivity contribution in [1.82, 2.24) is 19.4 Å². The van der Waals surface area contributed by atoms with Crippen molar-refractivity contribution in [3.05, 3.63) is 38.7 Å². The van der Waals surface area contributed by atoms with Gasteiger partial charge in [-0.15, -0.1) is 0 Å². The van der Waals surface area contributed by atoms with Gasteiger partial charge in [-0.1, -0.05) is 20.3 Å². The maximum absolute atomic E-state index is 12.4. The molecule has 2 N–H and O–H groups in total. The van der Waals surface area contributed by atoms with Gasteiger partial charge in [-0.2, -0.15) is 0 Å². The van der Waals surface area contributed by atoms with E-state index in [0.717, 1.165) is 9.13 Å². The topological polar surface area (TPSA) is 123 Å². The van der Waals surface area contributed by atoms with E-state index in [9.17, 15) is 24.3 Å². The number of carbonyl (C=O) groups excluding carboxylic acids is 1. The van der Waals surface area contributed by atoms with E-state index in [-0.39, 0.29) is 22.6 Å². The van der Waals surface area contributed by atoms with Crippen molar-refractivity contribution in [3.63, 3.8) is 0 Å². The van der Waals surface area contributed by atoms with E-state index in [2.05, 4.69) is 10.3 Å². The number of aliphatic carboxylic acids is 1. The van der Waals surface area contributed by atoms with Crippen molar-refractivity contribution in [2.24, 2.45) is 20.0 Å². The number of hydrogen-bond acceptors (Lipinski definition) is 5. The van der Waals surface area contributed by atoms with Gasteiger partial charge in [0.15, 0.2) is 0 Å². The average molecular weight is 348 g/mol. The molecule has 25 heavy (non-hydrogen) atoms. The molecule has 0 saturated carbocycles. The van der Waals surface area contributed by atoms with Gasteiger partial charge >= 0.3 is 11.7 Å². The Morgan fingerprint density at radius 1 is 1.24 bits per heavy atom. The summed E-state index contributed by atoms with van der Waals surface area (Å²) in [7, 11) is 2.80. The van der Waals surface area contributed by atoms with Crippen LogP contribution in [0.2, 0.25) is 0 Å². The highest BCUT2D eigenvalue weighted by Gasteiger charge is 2.26. The SMILES string of the molecule is CC[C@H](C)[C@H](NC(=O)c1ccc2c(=O)n(C)c(=O)n(C)c2n1)C(=O)O. The first kappa shape index (κ1) is 18.4. The van der Waals surface area contributed by atoms with Gasteiger partial charge in [-0.05, 0) is 18.1 Å². The maximum atomic E-state index is 12.4. The Morgan fingerprint density at radius 2 is 1.88 bits per heavy atom. The van der Waals surface area contributed by atoms with Crippen LogP contribution in [0.4, 0.5) is 0 Å². The van der Waals surface area contributed by atoms with E-state index in [1.165, 1.54) is 26.2 Å². The first-order valence-corrected chi connectivity index (χ1v) is 7.79. The third kappa shape index (κ3) is 3.30. The van der Waals surface area contributed by atoms with Crippen LogP contribution in [0.15, 0.2) is 21.7 Å². The molecule has 0 radical (unpaired) electrons. The molecule has 1 amide bonds. The maximum Gasteiger partial charge on any atom is 0.332 e. The van der Waals surface area contributed by atoms with E-state index in [4.69, 9.17) is 0 Å². The lowest BCUT2D eigenvalue weighted by molar-refractivity contribution is -0.140. The molecule has 2 aromatic heterocycles. The fraction of sp³-hybridized carbons (Fsp3) is 0.438. The number of amides is 1. The molecule has 134 valence electrons. The van der Waals surface area contributed by atoms with Crippen molar-refractivity contribution < 1.29 is 14.7 Å². The number of nitrogens with zero attached hydrogens (tertiary/aromatic N) is 3. The van der Waals surface area contributed by atoms with Gasteiger partial charge in [0.05, 0.1) is 5.39 Å². The fourth-order valence-corrected chi connectivity index (χ4v) is 2.48. The summed E-state index contributed by atoms with van der Waals surface area (Å²) in [5.41, 5.74) is -1.08. The molecule has 0 aromatic carbocycles. The summed E-state index contributed by atoms with van der Waals surface area (Å²) in [6, 6.07) is 1.68. The predicted molar refractivity (Wildman–Crippen MR) is 90.6 cm³/mol. The summed E-state index contributed by atoms with van der Waals surface area (Å²) in [6.45, 7) is 3.55. The molecule has 2 aromatic rings. The standard InChI is InChI=1S/C16H20N4O5/c1-5-8(2)11(15(23)24)18-13(21)10-7-6-9-12(17-10)19(3)16(25)20(4)14(9)22/h6-8,11H,5H2,1-4H3,(H,18,21)(H,23,24)/t8-,11-/m0/s1. The van der Waals surface area contributed by atoms with E-state index in [1.54, 1.807) is 6.92 Å². The Morgan fingerprint density at radius 3 is 2.44 bits per heavy atom. The Balaban J connectivity index is 2.48. The Bertz CT molecular complexity index is 959. The summed E-state index contributed by atoms with van der Waals surface area (Å²) < 4.78 is 2.12. The van der Waals surface area contributed by atoms with Gasteiger partial charge in [0.1, 0.15) is 17.4 Å². The first-order valence-electron chi connectivity index (χ1n) is 7.79. The minimum atomic E-state index is -1.13. The molecule has 0 fully saturated rings. The van der Waals surface area contributed by atoms with E-state index in [1.807, 2.05) is 6.92 Å². The van der Waals surface area contributed by atoms with Crippen molar-refractivity contribution >= 4 is 22.9 Å². The highest BCUT2D eigenvalue weighted by Crippen LogP contribution is 2.10. The van der Waals surface area contributed by atoms with Gasteiger partial charge in [-0.25, -0.2) is 14.6 Å². The lowest BCUT2D eigenvalue weighted by Crippen LogP contribution is -2.45. The zero-order valence-corrected chi connectivity index (χ0v) is 14.4. The van der Waals surface area contributed by atoms with Crippen LogP contribution < -0.4 is 16.6 Å². The third-order valence-electron chi connectivity index (χ3n) is 4.30. The highest BCUT2D eigenvalue weighted by molar-refractivity contribution is 5.96. The number of fused-ring (bicyclic) bond motifs is 1. The number of rotatable bonds is 5. The molecule has 0 spiro atoms.